The molecule has 0 fully saturated rings. The minimum atomic E-state index is -0.193. The van der Waals surface area contributed by atoms with E-state index in [1.807, 2.05) is 6.92 Å². The first kappa shape index (κ1) is 9.56. The van der Waals surface area contributed by atoms with Crippen molar-refractivity contribution in [1.29, 1.82) is 0 Å². The van der Waals surface area contributed by atoms with Gasteiger partial charge in [0.05, 0.1) is 15.7 Å². The van der Waals surface area contributed by atoms with Crippen LogP contribution in [0.15, 0.2) is 12.6 Å². The van der Waals surface area contributed by atoms with E-state index in [9.17, 15) is 4.79 Å². The van der Waals surface area contributed by atoms with Crippen molar-refractivity contribution in [3.63, 3.8) is 0 Å². The molecule has 14 heavy (non-hydrogen) atoms. The van der Waals surface area contributed by atoms with Crippen LogP contribution in [0, 0.1) is 6.92 Å². The molecule has 0 atom stereocenters. The fourth-order valence-corrected chi connectivity index (χ4v) is 1.86. The third-order valence-corrected chi connectivity index (χ3v) is 3.17. The smallest absolute Gasteiger partial charge is 0.255 e. The van der Waals surface area contributed by atoms with Gasteiger partial charge >= 0.3 is 0 Å². The molecule has 0 radical (unpaired) electrons. The van der Waals surface area contributed by atoms with Crippen LogP contribution >= 0.6 is 23.2 Å². The molecule has 1 N–H and O–H groups in total. The molecule has 72 valence electrons. The zero-order valence-electron chi connectivity index (χ0n) is 7.45. The Hall–Kier alpha value is -0.990. The number of amides is 1. The van der Waals surface area contributed by atoms with Crippen molar-refractivity contribution < 1.29 is 4.79 Å². The average molecular weight is 228 g/mol. The van der Waals surface area contributed by atoms with Crippen molar-refractivity contribution >= 4 is 40.4 Å². The van der Waals surface area contributed by atoms with Crippen LogP contribution in [-0.4, -0.2) is 5.91 Å². The van der Waals surface area contributed by atoms with Gasteiger partial charge in [0.25, 0.3) is 5.91 Å². The number of halogens is 2. The van der Waals surface area contributed by atoms with E-state index < -0.39 is 0 Å². The second-order valence-corrected chi connectivity index (χ2v) is 3.94. The third kappa shape index (κ3) is 1.15. The van der Waals surface area contributed by atoms with Crippen molar-refractivity contribution in [1.82, 2.24) is 0 Å². The predicted octanol–water partition coefficient (Wildman–Crippen LogP) is 3.27. The topological polar surface area (TPSA) is 29.1 Å². The zero-order valence-corrected chi connectivity index (χ0v) is 8.96. The normalized spacial score (nSPS) is 14.2. The third-order valence-electron chi connectivity index (χ3n) is 2.29. The molecule has 1 heterocycles. The second kappa shape index (κ2) is 3.01. The highest BCUT2D eigenvalue weighted by Gasteiger charge is 2.25. The quantitative estimate of drug-likeness (QED) is 0.678. The van der Waals surface area contributed by atoms with Gasteiger partial charge in [-0.2, -0.15) is 0 Å². The molecule has 0 saturated carbocycles. The van der Waals surface area contributed by atoms with Crippen molar-refractivity contribution in [2.45, 2.75) is 6.92 Å². The van der Waals surface area contributed by atoms with Crippen LogP contribution in [0.4, 0.5) is 5.69 Å². The first-order chi connectivity index (χ1) is 6.52. The van der Waals surface area contributed by atoms with E-state index in [-0.39, 0.29) is 5.91 Å². The van der Waals surface area contributed by atoms with Gasteiger partial charge in [0, 0.05) is 11.1 Å². The summed E-state index contributed by atoms with van der Waals surface area (Å²) in [4.78, 5) is 11.3. The number of carbonyl (C=O) groups excluding carboxylic acids is 1. The van der Waals surface area contributed by atoms with Gasteiger partial charge in [-0.25, -0.2) is 0 Å². The molecule has 0 saturated heterocycles. The van der Waals surface area contributed by atoms with Gasteiger partial charge in [0.15, 0.2) is 0 Å². The molecule has 0 unspecified atom stereocenters. The van der Waals surface area contributed by atoms with Crippen LogP contribution in [0.2, 0.25) is 10.0 Å². The van der Waals surface area contributed by atoms with Gasteiger partial charge in [-0.15, -0.1) is 0 Å². The predicted molar refractivity (Wildman–Crippen MR) is 58.9 cm³/mol. The van der Waals surface area contributed by atoms with E-state index in [0.717, 1.165) is 16.8 Å². The standard InChI is InChI=1S/C10H7Cl2NO/c1-4-6-3-7(11)8(12)5(2)9(6)13-10(4)14/h3H,1H2,2H3,(H,13,14). The summed E-state index contributed by atoms with van der Waals surface area (Å²) in [5, 5.41) is 3.62. The lowest BCUT2D eigenvalue weighted by Gasteiger charge is -2.06. The van der Waals surface area contributed by atoms with Crippen LogP contribution in [0.25, 0.3) is 5.57 Å². The first-order valence-electron chi connectivity index (χ1n) is 4.01. The molecule has 1 aromatic rings. The second-order valence-electron chi connectivity index (χ2n) is 3.15. The van der Waals surface area contributed by atoms with E-state index in [1.54, 1.807) is 6.07 Å². The Bertz CT molecular complexity index is 466. The summed E-state index contributed by atoms with van der Waals surface area (Å²) in [7, 11) is 0. The van der Waals surface area contributed by atoms with Crippen LogP contribution in [-0.2, 0) is 4.79 Å². The molecule has 1 aliphatic heterocycles. The summed E-state index contributed by atoms with van der Waals surface area (Å²) in [6.07, 6.45) is 0. The summed E-state index contributed by atoms with van der Waals surface area (Å²) < 4.78 is 0. The fraction of sp³-hybridized carbons (Fsp3) is 0.100. The minimum absolute atomic E-state index is 0.193. The summed E-state index contributed by atoms with van der Waals surface area (Å²) in [6, 6.07) is 1.66. The van der Waals surface area contributed by atoms with Crippen molar-refractivity contribution in [2.75, 3.05) is 5.32 Å². The van der Waals surface area contributed by atoms with Gasteiger partial charge < -0.3 is 5.32 Å². The molecule has 4 heteroatoms. The maximum absolute atomic E-state index is 11.3. The van der Waals surface area contributed by atoms with Crippen molar-refractivity contribution in [3.05, 3.63) is 33.8 Å². The van der Waals surface area contributed by atoms with Crippen LogP contribution in [0.3, 0.4) is 0 Å². The van der Waals surface area contributed by atoms with Crippen molar-refractivity contribution in [3.8, 4) is 0 Å². The Balaban J connectivity index is 2.76. The number of anilines is 1. The highest BCUT2D eigenvalue weighted by atomic mass is 35.5. The summed E-state index contributed by atoms with van der Waals surface area (Å²) in [5.74, 6) is -0.193. The van der Waals surface area contributed by atoms with Crippen molar-refractivity contribution in [2.24, 2.45) is 0 Å². The SMILES string of the molecule is C=C1C(=O)Nc2c1cc(Cl)c(Cl)c2C. The van der Waals surface area contributed by atoms with Crippen LogP contribution in [0.5, 0.6) is 0 Å². The summed E-state index contributed by atoms with van der Waals surface area (Å²) in [6.45, 7) is 5.49. The van der Waals surface area contributed by atoms with Crippen LogP contribution in [0.1, 0.15) is 11.1 Å². The molecule has 1 aromatic carbocycles. The number of carbonyl (C=O) groups is 1. The highest BCUT2D eigenvalue weighted by molar-refractivity contribution is 6.44. The van der Waals surface area contributed by atoms with Gasteiger partial charge in [0.2, 0.25) is 0 Å². The molecular formula is C10H7Cl2NO. The van der Waals surface area contributed by atoms with Gasteiger partial charge in [-0.05, 0) is 18.6 Å². The number of benzene rings is 1. The first-order valence-corrected chi connectivity index (χ1v) is 4.77. The van der Waals surface area contributed by atoms with E-state index in [4.69, 9.17) is 23.2 Å². The van der Waals surface area contributed by atoms with E-state index >= 15 is 0 Å². The molecule has 1 aliphatic rings. The molecular weight excluding hydrogens is 221 g/mol. The fourth-order valence-electron chi connectivity index (χ4n) is 1.46. The molecule has 2 nitrogen and oxygen atoms in total. The minimum Gasteiger partial charge on any atom is -0.321 e. The largest absolute Gasteiger partial charge is 0.321 e. The lowest BCUT2D eigenvalue weighted by Crippen LogP contribution is -2.03. The Morgan fingerprint density at radius 2 is 2.07 bits per heavy atom. The Kier molecular flexibility index (Phi) is 2.05. The maximum Gasteiger partial charge on any atom is 0.255 e. The molecule has 0 bridgehead atoms. The Morgan fingerprint density at radius 1 is 1.43 bits per heavy atom. The monoisotopic (exact) mass is 227 g/mol. The van der Waals surface area contributed by atoms with Gasteiger partial charge in [-0.1, -0.05) is 29.8 Å². The van der Waals surface area contributed by atoms with Gasteiger partial charge in [-0.3, -0.25) is 4.79 Å². The molecule has 0 aromatic heterocycles. The Morgan fingerprint density at radius 3 is 2.71 bits per heavy atom. The number of nitrogens with one attached hydrogen (secondary N) is 1. The van der Waals surface area contributed by atoms with E-state index in [1.165, 1.54) is 0 Å². The number of fused-ring (bicyclic) bond motifs is 1. The summed E-state index contributed by atoms with van der Waals surface area (Å²) >= 11 is 11.8. The number of rotatable bonds is 0. The van der Waals surface area contributed by atoms with Crippen LogP contribution < -0.4 is 5.32 Å². The van der Waals surface area contributed by atoms with E-state index in [0.29, 0.717) is 15.6 Å². The number of hydrogen-bond acceptors (Lipinski definition) is 1. The highest BCUT2D eigenvalue weighted by Crippen LogP contribution is 2.40. The molecule has 0 spiro atoms. The Labute approximate surface area is 91.5 Å². The van der Waals surface area contributed by atoms with Gasteiger partial charge in [0.1, 0.15) is 0 Å². The molecule has 1 amide bonds. The maximum atomic E-state index is 11.3. The number of hydrogen-bond donors (Lipinski definition) is 1. The summed E-state index contributed by atoms with van der Waals surface area (Å²) in [5.41, 5.74) is 2.67. The molecule has 2 rings (SSSR count). The lowest BCUT2D eigenvalue weighted by molar-refractivity contribution is -0.110. The zero-order chi connectivity index (χ0) is 10.5. The average Bonchev–Trinajstić information content (AvgIpc) is 2.42. The molecule has 0 aliphatic carbocycles. The lowest BCUT2D eigenvalue weighted by atomic mass is 10.1. The van der Waals surface area contributed by atoms with E-state index in [2.05, 4.69) is 11.9 Å².